The Morgan fingerprint density at radius 2 is 2.42 bits per heavy atom. The van der Waals surface area contributed by atoms with Crippen LogP contribution in [-0.2, 0) is 9.53 Å². The van der Waals surface area contributed by atoms with E-state index in [4.69, 9.17) is 22.1 Å². The molecule has 6 heteroatoms. The molecule has 19 heavy (non-hydrogen) atoms. The van der Waals surface area contributed by atoms with Gasteiger partial charge in [-0.2, -0.15) is 0 Å². The molecule has 1 heterocycles. The van der Waals surface area contributed by atoms with Gasteiger partial charge in [-0.1, -0.05) is 11.6 Å². The van der Waals surface area contributed by atoms with Crippen molar-refractivity contribution < 1.29 is 9.53 Å². The molecule has 1 aliphatic heterocycles. The van der Waals surface area contributed by atoms with Gasteiger partial charge in [0.2, 0.25) is 5.91 Å². The standard InChI is InChI=1S/C13H18ClN3O2/c1-19-10-4-5-17(7-10)8-13(18)16-9-2-3-11(14)12(15)6-9/h2-3,6,10H,4-5,7-8,15H2,1H3,(H,16,18). The van der Waals surface area contributed by atoms with Gasteiger partial charge in [-0.05, 0) is 24.6 Å². The molecule has 1 aromatic rings. The Bertz CT molecular complexity index is 467. The van der Waals surface area contributed by atoms with Crippen molar-refractivity contribution >= 4 is 28.9 Å². The summed E-state index contributed by atoms with van der Waals surface area (Å²) in [5, 5.41) is 3.30. The largest absolute Gasteiger partial charge is 0.397 e. The van der Waals surface area contributed by atoms with Crippen LogP contribution in [0.15, 0.2) is 18.2 Å². The summed E-state index contributed by atoms with van der Waals surface area (Å²) in [4.78, 5) is 14.0. The molecule has 0 radical (unpaired) electrons. The highest BCUT2D eigenvalue weighted by atomic mass is 35.5. The normalized spacial score (nSPS) is 19.6. The molecule has 1 amide bonds. The zero-order valence-corrected chi connectivity index (χ0v) is 11.6. The monoisotopic (exact) mass is 283 g/mol. The predicted molar refractivity (Wildman–Crippen MR) is 76.3 cm³/mol. The van der Waals surface area contributed by atoms with Crippen molar-refractivity contribution in [2.24, 2.45) is 0 Å². The average Bonchev–Trinajstić information content (AvgIpc) is 2.81. The maximum Gasteiger partial charge on any atom is 0.238 e. The first kappa shape index (κ1) is 14.1. The number of likely N-dealkylation sites (tertiary alicyclic amines) is 1. The van der Waals surface area contributed by atoms with E-state index in [1.165, 1.54) is 0 Å². The number of halogens is 1. The minimum atomic E-state index is -0.0570. The number of nitrogens with one attached hydrogen (secondary N) is 1. The Morgan fingerprint density at radius 1 is 1.63 bits per heavy atom. The fourth-order valence-corrected chi connectivity index (χ4v) is 2.28. The van der Waals surface area contributed by atoms with Gasteiger partial charge in [-0.15, -0.1) is 0 Å². The second kappa shape index (κ2) is 6.23. The summed E-state index contributed by atoms with van der Waals surface area (Å²) in [5.74, 6) is -0.0570. The fourth-order valence-electron chi connectivity index (χ4n) is 2.16. The molecule has 0 aliphatic carbocycles. The zero-order valence-electron chi connectivity index (χ0n) is 10.9. The van der Waals surface area contributed by atoms with Crippen LogP contribution in [0.2, 0.25) is 5.02 Å². The first-order valence-electron chi connectivity index (χ1n) is 6.18. The number of nitrogens with zero attached hydrogens (tertiary/aromatic N) is 1. The molecule has 3 N–H and O–H groups in total. The third kappa shape index (κ3) is 3.83. The van der Waals surface area contributed by atoms with Crippen LogP contribution in [-0.4, -0.2) is 43.7 Å². The van der Waals surface area contributed by atoms with Gasteiger partial charge in [0, 0.05) is 25.9 Å². The summed E-state index contributed by atoms with van der Waals surface area (Å²) < 4.78 is 5.27. The zero-order chi connectivity index (χ0) is 13.8. The van der Waals surface area contributed by atoms with E-state index in [1.807, 2.05) is 0 Å². The van der Waals surface area contributed by atoms with Gasteiger partial charge in [0.25, 0.3) is 0 Å². The Balaban J connectivity index is 1.86. The van der Waals surface area contributed by atoms with Crippen LogP contribution in [0.4, 0.5) is 11.4 Å². The summed E-state index contributed by atoms with van der Waals surface area (Å²) in [5.41, 5.74) is 6.81. The maximum atomic E-state index is 11.9. The van der Waals surface area contributed by atoms with Gasteiger partial charge in [0.05, 0.1) is 23.4 Å². The molecule has 0 spiro atoms. The van der Waals surface area contributed by atoms with Crippen molar-refractivity contribution in [3.05, 3.63) is 23.2 Å². The van der Waals surface area contributed by atoms with E-state index in [2.05, 4.69) is 10.2 Å². The molecule has 1 atom stereocenters. The Kier molecular flexibility index (Phi) is 4.63. The van der Waals surface area contributed by atoms with E-state index >= 15 is 0 Å². The number of nitrogen functional groups attached to an aromatic ring is 1. The van der Waals surface area contributed by atoms with Crippen molar-refractivity contribution in [1.29, 1.82) is 0 Å². The molecule has 1 saturated heterocycles. The number of ether oxygens (including phenoxy) is 1. The van der Waals surface area contributed by atoms with E-state index in [1.54, 1.807) is 25.3 Å². The Hall–Kier alpha value is -1.30. The minimum Gasteiger partial charge on any atom is -0.397 e. The molecular formula is C13H18ClN3O2. The van der Waals surface area contributed by atoms with Crippen LogP contribution in [0.25, 0.3) is 0 Å². The van der Waals surface area contributed by atoms with Crippen molar-refractivity contribution in [1.82, 2.24) is 4.90 Å². The van der Waals surface area contributed by atoms with Crippen LogP contribution in [0, 0.1) is 0 Å². The van der Waals surface area contributed by atoms with E-state index < -0.39 is 0 Å². The SMILES string of the molecule is COC1CCN(CC(=O)Nc2ccc(Cl)c(N)c2)C1. The Morgan fingerprint density at radius 3 is 3.05 bits per heavy atom. The minimum absolute atomic E-state index is 0.0570. The molecule has 5 nitrogen and oxygen atoms in total. The number of anilines is 2. The number of methoxy groups -OCH3 is 1. The molecule has 1 unspecified atom stereocenters. The molecule has 1 aromatic carbocycles. The molecule has 1 fully saturated rings. The number of benzene rings is 1. The number of hydrogen-bond donors (Lipinski definition) is 2. The second-order valence-electron chi connectivity index (χ2n) is 4.67. The average molecular weight is 284 g/mol. The fraction of sp³-hybridized carbons (Fsp3) is 0.462. The van der Waals surface area contributed by atoms with E-state index in [0.717, 1.165) is 19.5 Å². The number of rotatable bonds is 4. The van der Waals surface area contributed by atoms with Crippen LogP contribution < -0.4 is 11.1 Å². The summed E-state index contributed by atoms with van der Waals surface area (Å²) in [6.45, 7) is 2.05. The molecule has 0 saturated carbocycles. The van der Waals surface area contributed by atoms with Gasteiger partial charge in [0.15, 0.2) is 0 Å². The number of carbonyl (C=O) groups excluding carboxylic acids is 1. The first-order valence-corrected chi connectivity index (χ1v) is 6.56. The maximum absolute atomic E-state index is 11.9. The van der Waals surface area contributed by atoms with Crippen LogP contribution in [0.3, 0.4) is 0 Å². The Labute approximate surface area is 117 Å². The second-order valence-corrected chi connectivity index (χ2v) is 5.07. The third-order valence-corrected chi connectivity index (χ3v) is 3.55. The smallest absolute Gasteiger partial charge is 0.238 e. The first-order chi connectivity index (χ1) is 9.08. The van der Waals surface area contributed by atoms with E-state index in [-0.39, 0.29) is 12.0 Å². The van der Waals surface area contributed by atoms with E-state index in [9.17, 15) is 4.79 Å². The lowest BCUT2D eigenvalue weighted by Crippen LogP contribution is -2.32. The number of nitrogens with two attached hydrogens (primary N) is 1. The van der Waals surface area contributed by atoms with Crippen LogP contribution >= 0.6 is 11.6 Å². The third-order valence-electron chi connectivity index (χ3n) is 3.21. The van der Waals surface area contributed by atoms with Gasteiger partial charge >= 0.3 is 0 Å². The number of carbonyl (C=O) groups is 1. The highest BCUT2D eigenvalue weighted by Crippen LogP contribution is 2.22. The van der Waals surface area contributed by atoms with Crippen molar-refractivity contribution in [2.75, 3.05) is 37.8 Å². The van der Waals surface area contributed by atoms with Gasteiger partial charge in [-0.3, -0.25) is 9.69 Å². The molecule has 1 aliphatic rings. The molecule has 0 aromatic heterocycles. The van der Waals surface area contributed by atoms with Crippen molar-refractivity contribution in [2.45, 2.75) is 12.5 Å². The lowest BCUT2D eigenvalue weighted by atomic mass is 10.3. The van der Waals surface area contributed by atoms with Crippen molar-refractivity contribution in [3.8, 4) is 0 Å². The topological polar surface area (TPSA) is 67.6 Å². The van der Waals surface area contributed by atoms with Crippen molar-refractivity contribution in [3.63, 3.8) is 0 Å². The molecular weight excluding hydrogens is 266 g/mol. The summed E-state index contributed by atoms with van der Waals surface area (Å²) in [6.07, 6.45) is 1.21. The number of hydrogen-bond acceptors (Lipinski definition) is 4. The van der Waals surface area contributed by atoms with E-state index in [0.29, 0.717) is 22.9 Å². The molecule has 0 bridgehead atoms. The van der Waals surface area contributed by atoms with Crippen LogP contribution in [0.1, 0.15) is 6.42 Å². The highest BCUT2D eigenvalue weighted by molar-refractivity contribution is 6.33. The number of amides is 1. The molecule has 2 rings (SSSR count). The highest BCUT2D eigenvalue weighted by Gasteiger charge is 2.23. The summed E-state index contributed by atoms with van der Waals surface area (Å²) in [7, 11) is 1.70. The quantitative estimate of drug-likeness (QED) is 0.824. The van der Waals surface area contributed by atoms with Gasteiger partial charge < -0.3 is 15.8 Å². The van der Waals surface area contributed by atoms with Gasteiger partial charge in [0.1, 0.15) is 0 Å². The lowest BCUT2D eigenvalue weighted by molar-refractivity contribution is -0.117. The summed E-state index contributed by atoms with van der Waals surface area (Å²) in [6, 6.07) is 5.06. The van der Waals surface area contributed by atoms with Gasteiger partial charge in [-0.25, -0.2) is 0 Å². The predicted octanol–water partition coefficient (Wildman–Crippen LogP) is 1.58. The molecule has 104 valence electrons. The lowest BCUT2D eigenvalue weighted by Gasteiger charge is -2.15. The van der Waals surface area contributed by atoms with Crippen LogP contribution in [0.5, 0.6) is 0 Å². The summed E-state index contributed by atoms with van der Waals surface area (Å²) >= 11 is 5.83.